The largest absolute Gasteiger partial charge is 0.485 e. The van der Waals surface area contributed by atoms with Crippen molar-refractivity contribution in [3.63, 3.8) is 0 Å². The fourth-order valence-corrected chi connectivity index (χ4v) is 1.52. The highest BCUT2D eigenvalue weighted by atomic mass is 35.5. The molecule has 0 aliphatic rings. The van der Waals surface area contributed by atoms with E-state index in [0.717, 1.165) is 0 Å². The number of benzene rings is 1. The Bertz CT molecular complexity index is 542. The number of nitrogen functional groups attached to an aromatic ring is 1. The zero-order chi connectivity index (χ0) is 12.4. The average molecular weight is 274 g/mol. The maximum absolute atomic E-state index is 5.86. The molecule has 2 aromatic rings. The van der Waals surface area contributed by atoms with Crippen LogP contribution < -0.4 is 10.5 Å². The number of ether oxygens (including phenoxy) is 1. The molecule has 90 valence electrons. The zero-order valence-corrected chi connectivity index (χ0v) is 10.4. The minimum atomic E-state index is 0.206. The topological polar surface area (TPSA) is 74.2 Å². The SMILES string of the molecule is Cc1nonc1COc1cc(Cl)c(Cl)cc1N. The quantitative estimate of drug-likeness (QED) is 0.871. The van der Waals surface area contributed by atoms with Gasteiger partial charge < -0.3 is 10.5 Å². The molecular weight excluding hydrogens is 265 g/mol. The summed E-state index contributed by atoms with van der Waals surface area (Å²) in [6, 6.07) is 3.09. The van der Waals surface area contributed by atoms with Crippen LogP contribution >= 0.6 is 23.2 Å². The Morgan fingerprint density at radius 2 is 2.00 bits per heavy atom. The first-order valence-electron chi connectivity index (χ1n) is 4.73. The van der Waals surface area contributed by atoms with Gasteiger partial charge in [0.25, 0.3) is 0 Å². The van der Waals surface area contributed by atoms with E-state index in [2.05, 4.69) is 14.9 Å². The van der Waals surface area contributed by atoms with Crippen LogP contribution in [0.1, 0.15) is 11.4 Å². The van der Waals surface area contributed by atoms with E-state index in [0.29, 0.717) is 32.9 Å². The van der Waals surface area contributed by atoms with E-state index in [9.17, 15) is 0 Å². The predicted octanol–water partition coefficient (Wildman–Crippen LogP) is 2.85. The van der Waals surface area contributed by atoms with Crippen LogP contribution in [0.5, 0.6) is 5.75 Å². The van der Waals surface area contributed by atoms with Crippen LogP contribution in [-0.4, -0.2) is 10.3 Å². The maximum atomic E-state index is 5.86. The van der Waals surface area contributed by atoms with Gasteiger partial charge in [-0.25, -0.2) is 4.63 Å². The van der Waals surface area contributed by atoms with E-state index in [1.165, 1.54) is 6.07 Å². The van der Waals surface area contributed by atoms with Gasteiger partial charge in [0.1, 0.15) is 23.7 Å². The molecule has 1 heterocycles. The first kappa shape index (κ1) is 12.0. The Balaban J connectivity index is 2.14. The highest BCUT2D eigenvalue weighted by Gasteiger charge is 2.09. The first-order chi connectivity index (χ1) is 8.08. The van der Waals surface area contributed by atoms with Crippen molar-refractivity contribution in [1.29, 1.82) is 0 Å². The fourth-order valence-electron chi connectivity index (χ4n) is 1.20. The standard InChI is InChI=1S/C10H9Cl2N3O2/c1-5-9(15-17-14-5)4-16-10-3-7(12)6(11)2-8(10)13/h2-3H,4,13H2,1H3. The fraction of sp³-hybridized carbons (Fsp3) is 0.200. The Kier molecular flexibility index (Phi) is 3.40. The minimum Gasteiger partial charge on any atom is -0.485 e. The second-order valence-electron chi connectivity index (χ2n) is 3.39. The molecule has 0 radical (unpaired) electrons. The monoisotopic (exact) mass is 273 g/mol. The number of nitrogens with zero attached hydrogens (tertiary/aromatic N) is 2. The van der Waals surface area contributed by atoms with Crippen molar-refractivity contribution in [1.82, 2.24) is 10.3 Å². The normalized spacial score (nSPS) is 10.5. The molecule has 0 spiro atoms. The van der Waals surface area contributed by atoms with Crippen molar-refractivity contribution in [3.05, 3.63) is 33.6 Å². The van der Waals surface area contributed by atoms with Crippen molar-refractivity contribution in [2.24, 2.45) is 0 Å². The summed E-state index contributed by atoms with van der Waals surface area (Å²) < 4.78 is 10.0. The summed E-state index contributed by atoms with van der Waals surface area (Å²) in [5.41, 5.74) is 7.43. The molecule has 0 atom stereocenters. The van der Waals surface area contributed by atoms with E-state index in [-0.39, 0.29) is 6.61 Å². The molecule has 2 rings (SSSR count). The lowest BCUT2D eigenvalue weighted by Crippen LogP contribution is -2.00. The lowest BCUT2D eigenvalue weighted by Gasteiger charge is -2.08. The summed E-state index contributed by atoms with van der Waals surface area (Å²) in [6.45, 7) is 1.98. The molecule has 17 heavy (non-hydrogen) atoms. The van der Waals surface area contributed by atoms with Gasteiger partial charge in [0, 0.05) is 6.07 Å². The highest BCUT2D eigenvalue weighted by Crippen LogP contribution is 2.32. The van der Waals surface area contributed by atoms with Crippen molar-refractivity contribution >= 4 is 28.9 Å². The third kappa shape index (κ3) is 2.62. The smallest absolute Gasteiger partial charge is 0.145 e. The van der Waals surface area contributed by atoms with E-state index >= 15 is 0 Å². The number of anilines is 1. The molecule has 7 heteroatoms. The van der Waals surface area contributed by atoms with Crippen molar-refractivity contribution < 1.29 is 9.37 Å². The average Bonchev–Trinajstić information content (AvgIpc) is 2.68. The third-order valence-corrected chi connectivity index (χ3v) is 2.89. The summed E-state index contributed by atoms with van der Waals surface area (Å²) in [5, 5.41) is 8.09. The molecule has 0 amide bonds. The number of hydrogen-bond acceptors (Lipinski definition) is 5. The van der Waals surface area contributed by atoms with Crippen molar-refractivity contribution in [2.45, 2.75) is 13.5 Å². The van der Waals surface area contributed by atoms with Gasteiger partial charge >= 0.3 is 0 Å². The van der Waals surface area contributed by atoms with Gasteiger partial charge in [0.2, 0.25) is 0 Å². The van der Waals surface area contributed by atoms with Gasteiger partial charge in [0.15, 0.2) is 0 Å². The summed E-state index contributed by atoms with van der Waals surface area (Å²) >= 11 is 11.7. The van der Waals surface area contributed by atoms with Crippen LogP contribution in [0.4, 0.5) is 5.69 Å². The van der Waals surface area contributed by atoms with Crippen LogP contribution in [0.25, 0.3) is 0 Å². The Morgan fingerprint density at radius 1 is 1.29 bits per heavy atom. The molecular formula is C10H9Cl2N3O2. The summed E-state index contributed by atoms with van der Waals surface area (Å²) in [4.78, 5) is 0. The molecule has 2 N–H and O–H groups in total. The maximum Gasteiger partial charge on any atom is 0.145 e. The minimum absolute atomic E-state index is 0.206. The van der Waals surface area contributed by atoms with E-state index < -0.39 is 0 Å². The molecule has 1 aromatic carbocycles. The zero-order valence-electron chi connectivity index (χ0n) is 8.91. The third-order valence-electron chi connectivity index (χ3n) is 2.16. The number of aryl methyl sites for hydroxylation is 1. The Labute approximate surface area is 107 Å². The molecule has 5 nitrogen and oxygen atoms in total. The Morgan fingerprint density at radius 3 is 2.65 bits per heavy atom. The molecule has 0 fully saturated rings. The van der Waals surface area contributed by atoms with Crippen LogP contribution in [0.2, 0.25) is 10.0 Å². The number of aromatic nitrogens is 2. The molecule has 0 aliphatic carbocycles. The molecule has 1 aromatic heterocycles. The van der Waals surface area contributed by atoms with E-state index in [4.69, 9.17) is 33.7 Å². The molecule has 0 bridgehead atoms. The van der Waals surface area contributed by atoms with Gasteiger partial charge in [-0.3, -0.25) is 0 Å². The Hall–Kier alpha value is -1.46. The molecule has 0 saturated carbocycles. The summed E-state index contributed by atoms with van der Waals surface area (Å²) in [6.07, 6.45) is 0. The molecule has 0 aliphatic heterocycles. The van der Waals surface area contributed by atoms with Gasteiger partial charge in [0.05, 0.1) is 15.7 Å². The van der Waals surface area contributed by atoms with Crippen LogP contribution in [-0.2, 0) is 6.61 Å². The summed E-state index contributed by atoms with van der Waals surface area (Å²) in [7, 11) is 0. The van der Waals surface area contributed by atoms with Crippen LogP contribution in [0, 0.1) is 6.92 Å². The van der Waals surface area contributed by atoms with Gasteiger partial charge in [-0.15, -0.1) is 0 Å². The highest BCUT2D eigenvalue weighted by molar-refractivity contribution is 6.42. The lowest BCUT2D eigenvalue weighted by molar-refractivity contribution is 0.271. The number of rotatable bonds is 3. The lowest BCUT2D eigenvalue weighted by atomic mass is 10.3. The van der Waals surface area contributed by atoms with Crippen molar-refractivity contribution in [3.8, 4) is 5.75 Å². The molecule has 0 saturated heterocycles. The number of nitrogens with two attached hydrogens (primary N) is 1. The second kappa shape index (κ2) is 4.81. The van der Waals surface area contributed by atoms with E-state index in [1.54, 1.807) is 13.0 Å². The van der Waals surface area contributed by atoms with Crippen LogP contribution in [0.15, 0.2) is 16.8 Å². The number of halogens is 2. The second-order valence-corrected chi connectivity index (χ2v) is 4.20. The van der Waals surface area contributed by atoms with Crippen LogP contribution in [0.3, 0.4) is 0 Å². The molecule has 0 unspecified atom stereocenters. The predicted molar refractivity (Wildman–Crippen MR) is 64.2 cm³/mol. The summed E-state index contributed by atoms with van der Waals surface area (Å²) in [5.74, 6) is 0.446. The van der Waals surface area contributed by atoms with Gasteiger partial charge in [-0.05, 0) is 13.0 Å². The van der Waals surface area contributed by atoms with Crippen molar-refractivity contribution in [2.75, 3.05) is 5.73 Å². The van der Waals surface area contributed by atoms with Gasteiger partial charge in [-0.1, -0.05) is 33.5 Å². The first-order valence-corrected chi connectivity index (χ1v) is 5.49. The van der Waals surface area contributed by atoms with E-state index in [1.807, 2.05) is 0 Å². The number of hydrogen-bond donors (Lipinski definition) is 1. The van der Waals surface area contributed by atoms with Gasteiger partial charge in [-0.2, -0.15) is 0 Å².